The SMILES string of the molecule is CCCC=C(NC(C)C)NC(C)C. The first-order valence-corrected chi connectivity index (χ1v) is 5.29. The second-order valence-electron chi connectivity index (χ2n) is 4.00. The Morgan fingerprint density at radius 1 is 1.08 bits per heavy atom. The number of rotatable bonds is 6. The van der Waals surface area contributed by atoms with Gasteiger partial charge in [-0.1, -0.05) is 13.3 Å². The molecule has 0 saturated heterocycles. The first-order valence-electron chi connectivity index (χ1n) is 5.29. The molecule has 2 heteroatoms. The standard InChI is InChI=1S/C11H24N2/c1-6-7-8-11(12-9(2)3)13-10(4)5/h8-10,12-13H,6-7H2,1-5H3. The van der Waals surface area contributed by atoms with Gasteiger partial charge in [0.25, 0.3) is 0 Å². The molecule has 0 amide bonds. The summed E-state index contributed by atoms with van der Waals surface area (Å²) in [6, 6.07) is 0.990. The smallest absolute Gasteiger partial charge is 0.0949 e. The van der Waals surface area contributed by atoms with E-state index in [1.165, 1.54) is 12.2 Å². The monoisotopic (exact) mass is 184 g/mol. The highest BCUT2D eigenvalue weighted by molar-refractivity contribution is 4.98. The van der Waals surface area contributed by atoms with Gasteiger partial charge in [-0.05, 0) is 40.2 Å². The molecule has 13 heavy (non-hydrogen) atoms. The van der Waals surface area contributed by atoms with Gasteiger partial charge < -0.3 is 10.6 Å². The van der Waals surface area contributed by atoms with Crippen LogP contribution < -0.4 is 10.6 Å². The number of unbranched alkanes of at least 4 members (excludes halogenated alkanes) is 1. The lowest BCUT2D eigenvalue weighted by Gasteiger charge is -2.18. The second-order valence-corrected chi connectivity index (χ2v) is 4.00. The maximum Gasteiger partial charge on any atom is 0.0949 e. The van der Waals surface area contributed by atoms with Crippen LogP contribution in [0.1, 0.15) is 47.5 Å². The summed E-state index contributed by atoms with van der Waals surface area (Å²) < 4.78 is 0. The van der Waals surface area contributed by atoms with Crippen molar-refractivity contribution >= 4 is 0 Å². The molecule has 0 aromatic heterocycles. The maximum atomic E-state index is 3.40. The highest BCUT2D eigenvalue weighted by atomic mass is 15.1. The molecule has 0 aliphatic heterocycles. The number of allylic oxidation sites excluding steroid dienone is 1. The Balaban J connectivity index is 4.02. The summed E-state index contributed by atoms with van der Waals surface area (Å²) in [5.41, 5.74) is 0. The van der Waals surface area contributed by atoms with Gasteiger partial charge in [0, 0.05) is 12.1 Å². The molecule has 0 aliphatic carbocycles. The molecular formula is C11H24N2. The predicted molar refractivity (Wildman–Crippen MR) is 59.5 cm³/mol. The van der Waals surface area contributed by atoms with Crippen molar-refractivity contribution in [1.82, 2.24) is 10.6 Å². The van der Waals surface area contributed by atoms with Gasteiger partial charge in [0.15, 0.2) is 0 Å². The van der Waals surface area contributed by atoms with Crippen LogP contribution >= 0.6 is 0 Å². The van der Waals surface area contributed by atoms with Gasteiger partial charge in [-0.3, -0.25) is 0 Å². The Morgan fingerprint density at radius 3 is 1.85 bits per heavy atom. The van der Waals surface area contributed by atoms with Crippen molar-refractivity contribution in [3.05, 3.63) is 11.9 Å². The molecule has 0 unspecified atom stereocenters. The van der Waals surface area contributed by atoms with E-state index < -0.39 is 0 Å². The molecular weight excluding hydrogens is 160 g/mol. The molecule has 0 bridgehead atoms. The summed E-state index contributed by atoms with van der Waals surface area (Å²) in [6.07, 6.45) is 4.57. The molecule has 0 fully saturated rings. The van der Waals surface area contributed by atoms with E-state index >= 15 is 0 Å². The van der Waals surface area contributed by atoms with Gasteiger partial charge in [-0.15, -0.1) is 0 Å². The van der Waals surface area contributed by atoms with Crippen LogP contribution in [-0.4, -0.2) is 12.1 Å². The van der Waals surface area contributed by atoms with E-state index in [1.807, 2.05) is 0 Å². The first-order chi connectivity index (χ1) is 6.06. The fraction of sp³-hybridized carbons (Fsp3) is 0.818. The van der Waals surface area contributed by atoms with Crippen LogP contribution in [0.2, 0.25) is 0 Å². The van der Waals surface area contributed by atoms with Gasteiger partial charge in [0.05, 0.1) is 5.82 Å². The average Bonchev–Trinajstić information content (AvgIpc) is 1.98. The zero-order chi connectivity index (χ0) is 10.3. The summed E-state index contributed by atoms with van der Waals surface area (Å²) >= 11 is 0. The Kier molecular flexibility index (Phi) is 6.47. The normalized spacial score (nSPS) is 10.4. The van der Waals surface area contributed by atoms with Gasteiger partial charge in [-0.2, -0.15) is 0 Å². The van der Waals surface area contributed by atoms with Crippen molar-refractivity contribution in [2.45, 2.75) is 59.5 Å². The minimum atomic E-state index is 0.495. The highest BCUT2D eigenvalue weighted by Gasteiger charge is 1.99. The van der Waals surface area contributed by atoms with Gasteiger partial charge in [-0.25, -0.2) is 0 Å². The number of nitrogens with one attached hydrogen (secondary N) is 2. The Morgan fingerprint density at radius 2 is 1.54 bits per heavy atom. The van der Waals surface area contributed by atoms with E-state index in [-0.39, 0.29) is 0 Å². The molecule has 78 valence electrons. The zero-order valence-electron chi connectivity index (χ0n) is 9.65. The molecule has 0 rings (SSSR count). The quantitative estimate of drug-likeness (QED) is 0.663. The number of hydrogen-bond donors (Lipinski definition) is 2. The van der Waals surface area contributed by atoms with Crippen LogP contribution in [0.5, 0.6) is 0 Å². The summed E-state index contributed by atoms with van der Waals surface area (Å²) in [6.45, 7) is 10.8. The average molecular weight is 184 g/mol. The summed E-state index contributed by atoms with van der Waals surface area (Å²) in [5.74, 6) is 1.17. The fourth-order valence-electron chi connectivity index (χ4n) is 1.07. The van der Waals surface area contributed by atoms with Gasteiger partial charge in [0.1, 0.15) is 0 Å². The third kappa shape index (κ3) is 7.69. The van der Waals surface area contributed by atoms with Crippen LogP contribution in [-0.2, 0) is 0 Å². The van der Waals surface area contributed by atoms with Crippen LogP contribution in [0.15, 0.2) is 11.9 Å². The molecule has 0 spiro atoms. The lowest BCUT2D eigenvalue weighted by atomic mass is 10.3. The van der Waals surface area contributed by atoms with E-state index in [4.69, 9.17) is 0 Å². The van der Waals surface area contributed by atoms with E-state index in [2.05, 4.69) is 51.3 Å². The van der Waals surface area contributed by atoms with E-state index in [0.717, 1.165) is 6.42 Å². The largest absolute Gasteiger partial charge is 0.370 e. The molecule has 0 aliphatic rings. The minimum absolute atomic E-state index is 0.495. The topological polar surface area (TPSA) is 24.1 Å². The molecule has 2 nitrogen and oxygen atoms in total. The number of hydrogen-bond acceptors (Lipinski definition) is 2. The predicted octanol–water partition coefficient (Wildman–Crippen LogP) is 2.62. The molecule has 0 saturated carbocycles. The van der Waals surface area contributed by atoms with Crippen molar-refractivity contribution < 1.29 is 0 Å². The maximum absolute atomic E-state index is 3.40. The van der Waals surface area contributed by atoms with Gasteiger partial charge >= 0.3 is 0 Å². The lowest BCUT2D eigenvalue weighted by molar-refractivity contribution is 0.562. The molecule has 0 aromatic carbocycles. The van der Waals surface area contributed by atoms with E-state index in [0.29, 0.717) is 12.1 Å². The fourth-order valence-corrected chi connectivity index (χ4v) is 1.07. The highest BCUT2D eigenvalue weighted by Crippen LogP contribution is 1.96. The van der Waals surface area contributed by atoms with Crippen LogP contribution in [0.25, 0.3) is 0 Å². The van der Waals surface area contributed by atoms with Crippen LogP contribution in [0.3, 0.4) is 0 Å². The minimum Gasteiger partial charge on any atom is -0.370 e. The van der Waals surface area contributed by atoms with Crippen molar-refractivity contribution in [1.29, 1.82) is 0 Å². The third-order valence-corrected chi connectivity index (χ3v) is 1.53. The van der Waals surface area contributed by atoms with Crippen LogP contribution in [0.4, 0.5) is 0 Å². The molecule has 0 atom stereocenters. The Labute approximate surface area is 82.8 Å². The van der Waals surface area contributed by atoms with E-state index in [9.17, 15) is 0 Å². The van der Waals surface area contributed by atoms with Crippen LogP contribution in [0, 0.1) is 0 Å². The Bertz CT molecular complexity index is 136. The Hall–Kier alpha value is -0.660. The third-order valence-electron chi connectivity index (χ3n) is 1.53. The summed E-state index contributed by atoms with van der Waals surface area (Å²) in [5, 5.41) is 6.79. The lowest BCUT2D eigenvalue weighted by Crippen LogP contribution is -2.34. The summed E-state index contributed by atoms with van der Waals surface area (Å²) in [7, 11) is 0. The molecule has 2 N–H and O–H groups in total. The molecule has 0 radical (unpaired) electrons. The van der Waals surface area contributed by atoms with E-state index in [1.54, 1.807) is 0 Å². The van der Waals surface area contributed by atoms with Crippen molar-refractivity contribution in [3.63, 3.8) is 0 Å². The second kappa shape index (κ2) is 6.81. The van der Waals surface area contributed by atoms with Crippen molar-refractivity contribution in [2.24, 2.45) is 0 Å². The molecule has 0 aromatic rings. The molecule has 0 heterocycles. The first kappa shape index (κ1) is 12.3. The van der Waals surface area contributed by atoms with Gasteiger partial charge in [0.2, 0.25) is 0 Å². The van der Waals surface area contributed by atoms with Crippen molar-refractivity contribution in [2.75, 3.05) is 0 Å². The zero-order valence-corrected chi connectivity index (χ0v) is 9.65. The van der Waals surface area contributed by atoms with Crippen molar-refractivity contribution in [3.8, 4) is 0 Å². The summed E-state index contributed by atoms with van der Waals surface area (Å²) in [4.78, 5) is 0.